The molecule has 2 N–H and O–H groups in total. The van der Waals surface area contributed by atoms with Crippen LogP contribution in [0.5, 0.6) is 0 Å². The van der Waals surface area contributed by atoms with Crippen molar-refractivity contribution in [3.05, 3.63) is 33.9 Å². The van der Waals surface area contributed by atoms with Crippen LogP contribution in [0.3, 0.4) is 0 Å². The minimum Gasteiger partial charge on any atom is -0.452 e. The summed E-state index contributed by atoms with van der Waals surface area (Å²) in [6.45, 7) is -0.0463. The molecule has 0 saturated carbocycles. The number of nitrogens with zero attached hydrogens (tertiary/aromatic N) is 3. The molecule has 1 aromatic carbocycles. The third-order valence-electron chi connectivity index (χ3n) is 4.25. The fourth-order valence-corrected chi connectivity index (χ4v) is 3.55. The molecule has 160 valence electrons. The van der Waals surface area contributed by atoms with Gasteiger partial charge in [0.25, 0.3) is 11.6 Å². The molecule has 1 heterocycles. The van der Waals surface area contributed by atoms with Crippen LogP contribution in [-0.4, -0.2) is 91.7 Å². The van der Waals surface area contributed by atoms with Gasteiger partial charge in [0.1, 0.15) is 0 Å². The Hall–Kier alpha value is -2.77. The van der Waals surface area contributed by atoms with Gasteiger partial charge in [-0.3, -0.25) is 14.9 Å². The van der Waals surface area contributed by atoms with E-state index in [0.29, 0.717) is 0 Å². The highest BCUT2D eigenvalue weighted by molar-refractivity contribution is 7.88. The Morgan fingerprint density at radius 2 is 1.93 bits per heavy atom. The highest BCUT2D eigenvalue weighted by Gasteiger charge is 2.27. The Balaban J connectivity index is 2.00. The van der Waals surface area contributed by atoms with Crippen LogP contribution < -0.4 is 5.32 Å². The summed E-state index contributed by atoms with van der Waals surface area (Å²) in [5.41, 5.74) is -0.235. The first-order chi connectivity index (χ1) is 13.6. The quantitative estimate of drug-likeness (QED) is 0.307. The summed E-state index contributed by atoms with van der Waals surface area (Å²) in [5.74, 6) is -1.43. The van der Waals surface area contributed by atoms with Gasteiger partial charge in [0, 0.05) is 50.5 Å². The average Bonchev–Trinajstić information content (AvgIpc) is 2.69. The minimum absolute atomic E-state index is 0.113. The number of rotatable bonds is 8. The smallest absolute Gasteiger partial charge is 0.341 e. The first kappa shape index (κ1) is 22.5. The number of amides is 1. The van der Waals surface area contributed by atoms with Gasteiger partial charge in [-0.05, 0) is 6.07 Å². The molecular formula is C16H22N4O8S. The van der Waals surface area contributed by atoms with E-state index in [-0.39, 0.29) is 56.3 Å². The maximum Gasteiger partial charge on any atom is 0.341 e. The van der Waals surface area contributed by atoms with E-state index in [4.69, 9.17) is 9.84 Å². The number of carbonyl (C=O) groups excluding carboxylic acids is 2. The zero-order valence-electron chi connectivity index (χ0n) is 15.7. The van der Waals surface area contributed by atoms with Crippen molar-refractivity contribution in [2.24, 2.45) is 0 Å². The van der Waals surface area contributed by atoms with Gasteiger partial charge in [-0.1, -0.05) is 0 Å². The third-order valence-corrected chi connectivity index (χ3v) is 5.55. The number of ether oxygens (including phenoxy) is 1. The lowest BCUT2D eigenvalue weighted by Crippen LogP contribution is -2.51. The van der Waals surface area contributed by atoms with E-state index in [2.05, 4.69) is 5.32 Å². The lowest BCUT2D eigenvalue weighted by atomic mass is 10.1. The number of aliphatic hydroxyl groups excluding tert-OH is 1. The van der Waals surface area contributed by atoms with E-state index in [0.717, 1.165) is 12.3 Å². The molecule has 1 aliphatic heterocycles. The molecule has 1 aliphatic rings. The summed E-state index contributed by atoms with van der Waals surface area (Å²) >= 11 is 0. The summed E-state index contributed by atoms with van der Waals surface area (Å²) in [7, 11) is -3.33. The van der Waals surface area contributed by atoms with Gasteiger partial charge in [0.05, 0.1) is 23.3 Å². The predicted octanol–water partition coefficient (Wildman–Crippen LogP) is -0.740. The molecule has 0 aliphatic carbocycles. The number of anilines is 1. The molecule has 1 amide bonds. The number of hydrogen-bond donors (Lipinski definition) is 2. The first-order valence-electron chi connectivity index (χ1n) is 8.66. The summed E-state index contributed by atoms with van der Waals surface area (Å²) in [6, 6.07) is 3.54. The molecule has 0 atom stereocenters. The molecule has 1 aromatic rings. The number of esters is 1. The van der Waals surface area contributed by atoms with Crippen LogP contribution in [0, 0.1) is 10.1 Å². The second-order valence-electron chi connectivity index (χ2n) is 6.26. The van der Waals surface area contributed by atoms with E-state index >= 15 is 0 Å². The molecule has 0 aromatic heterocycles. The molecule has 2 rings (SSSR count). The zero-order chi connectivity index (χ0) is 21.6. The number of piperazine rings is 1. The molecule has 1 saturated heterocycles. The number of sulfonamides is 1. The van der Waals surface area contributed by atoms with Crippen molar-refractivity contribution in [1.82, 2.24) is 9.21 Å². The Labute approximate surface area is 167 Å². The molecule has 13 heteroatoms. The van der Waals surface area contributed by atoms with E-state index in [1.807, 2.05) is 0 Å². The normalized spacial score (nSPS) is 15.0. The number of nitro groups is 1. The van der Waals surface area contributed by atoms with E-state index < -0.39 is 33.4 Å². The number of nitro benzene ring substituents is 1. The van der Waals surface area contributed by atoms with Crippen molar-refractivity contribution >= 4 is 33.3 Å². The van der Waals surface area contributed by atoms with Crippen molar-refractivity contribution in [3.63, 3.8) is 0 Å². The SMILES string of the molecule is CS(=O)(=O)N1CCN(C(=O)COC(=O)c2cc([N+](=O)[O-])ccc2NCCO)CC1. The standard InChI is InChI=1S/C16H22N4O8S/c1-29(26,27)19-7-5-18(6-8-19)15(22)11-28-16(23)13-10-12(20(24)25)2-3-14(13)17-4-9-21/h2-3,10,17,21H,4-9,11H2,1H3. The van der Waals surface area contributed by atoms with E-state index in [1.165, 1.54) is 21.3 Å². The molecule has 0 spiro atoms. The molecule has 1 fully saturated rings. The van der Waals surface area contributed by atoms with Gasteiger partial charge >= 0.3 is 5.97 Å². The number of hydrogen-bond acceptors (Lipinski definition) is 9. The highest BCUT2D eigenvalue weighted by Crippen LogP contribution is 2.23. The Morgan fingerprint density at radius 3 is 2.48 bits per heavy atom. The average molecular weight is 430 g/mol. The molecule has 29 heavy (non-hydrogen) atoms. The van der Waals surface area contributed by atoms with Gasteiger partial charge < -0.3 is 20.1 Å². The number of carbonyl (C=O) groups is 2. The summed E-state index contributed by atoms with van der Waals surface area (Å²) in [5, 5.41) is 22.6. The zero-order valence-corrected chi connectivity index (χ0v) is 16.6. The van der Waals surface area contributed by atoms with E-state index in [9.17, 15) is 28.1 Å². The Morgan fingerprint density at radius 1 is 1.28 bits per heavy atom. The topological polar surface area (TPSA) is 159 Å². The van der Waals surface area contributed by atoms with Gasteiger partial charge in [-0.2, -0.15) is 4.31 Å². The van der Waals surface area contributed by atoms with Gasteiger partial charge in [0.2, 0.25) is 10.0 Å². The third kappa shape index (κ3) is 6.10. The van der Waals surface area contributed by atoms with Crippen LogP contribution in [0.15, 0.2) is 18.2 Å². The lowest BCUT2D eigenvalue weighted by molar-refractivity contribution is -0.384. The van der Waals surface area contributed by atoms with Crippen molar-refractivity contribution in [3.8, 4) is 0 Å². The summed E-state index contributed by atoms with van der Waals surface area (Å²) in [4.78, 5) is 36.3. The van der Waals surface area contributed by atoms with Crippen LogP contribution >= 0.6 is 0 Å². The fraction of sp³-hybridized carbons (Fsp3) is 0.500. The highest BCUT2D eigenvalue weighted by atomic mass is 32.2. The summed E-state index contributed by atoms with van der Waals surface area (Å²) in [6.07, 6.45) is 1.09. The first-order valence-corrected chi connectivity index (χ1v) is 10.5. The molecule has 0 radical (unpaired) electrons. The van der Waals surface area contributed by atoms with Crippen molar-refractivity contribution < 1.29 is 32.8 Å². The van der Waals surface area contributed by atoms with Crippen LogP contribution in [-0.2, 0) is 19.6 Å². The fourth-order valence-electron chi connectivity index (χ4n) is 2.72. The lowest BCUT2D eigenvalue weighted by Gasteiger charge is -2.33. The Kier molecular flexibility index (Phi) is 7.47. The monoisotopic (exact) mass is 430 g/mol. The second kappa shape index (κ2) is 9.62. The van der Waals surface area contributed by atoms with Gasteiger partial charge in [0.15, 0.2) is 6.61 Å². The van der Waals surface area contributed by atoms with Crippen LogP contribution in [0.25, 0.3) is 0 Å². The maximum atomic E-state index is 12.4. The van der Waals surface area contributed by atoms with Gasteiger partial charge in [-0.25, -0.2) is 13.2 Å². The molecule has 0 unspecified atom stereocenters. The second-order valence-corrected chi connectivity index (χ2v) is 8.24. The summed E-state index contributed by atoms with van der Waals surface area (Å²) < 4.78 is 29.3. The van der Waals surface area contributed by atoms with Crippen LogP contribution in [0.1, 0.15) is 10.4 Å². The predicted molar refractivity (Wildman–Crippen MR) is 102 cm³/mol. The largest absolute Gasteiger partial charge is 0.452 e. The van der Waals surface area contributed by atoms with Crippen molar-refractivity contribution in [2.45, 2.75) is 0 Å². The van der Waals surface area contributed by atoms with Crippen LogP contribution in [0.2, 0.25) is 0 Å². The van der Waals surface area contributed by atoms with Crippen molar-refractivity contribution in [2.75, 3.05) is 57.5 Å². The van der Waals surface area contributed by atoms with Crippen molar-refractivity contribution in [1.29, 1.82) is 0 Å². The number of aliphatic hydroxyl groups is 1. The minimum atomic E-state index is -3.33. The van der Waals surface area contributed by atoms with E-state index in [1.54, 1.807) is 0 Å². The molecule has 0 bridgehead atoms. The number of benzene rings is 1. The molecular weight excluding hydrogens is 408 g/mol. The molecule has 12 nitrogen and oxygen atoms in total. The Bertz CT molecular complexity index is 881. The number of nitrogens with one attached hydrogen (secondary N) is 1. The maximum absolute atomic E-state index is 12.4. The van der Waals surface area contributed by atoms with Gasteiger partial charge in [-0.15, -0.1) is 0 Å². The van der Waals surface area contributed by atoms with Crippen LogP contribution in [0.4, 0.5) is 11.4 Å². The number of non-ortho nitro benzene ring substituents is 1.